The van der Waals surface area contributed by atoms with Gasteiger partial charge in [-0.3, -0.25) is 4.79 Å². The predicted octanol–water partition coefficient (Wildman–Crippen LogP) is 5.58. The smallest absolute Gasteiger partial charge is 0.383 e. The Morgan fingerprint density at radius 2 is 1.84 bits per heavy atom. The molecule has 0 saturated heterocycles. The molecule has 2 aromatic heterocycles. The van der Waals surface area contributed by atoms with Crippen LogP contribution in [0.4, 0.5) is 38.0 Å². The predicted molar refractivity (Wildman–Crippen MR) is 127 cm³/mol. The summed E-state index contributed by atoms with van der Waals surface area (Å²) >= 11 is 6.04. The van der Waals surface area contributed by atoms with Crippen LogP contribution in [0.2, 0.25) is 5.02 Å². The minimum atomic E-state index is -5.72. The van der Waals surface area contributed by atoms with E-state index >= 15 is 0 Å². The molecule has 3 N–H and O–H groups in total. The normalized spacial score (nSPS) is 17.6. The molecule has 7 nitrogen and oxygen atoms in total. The van der Waals surface area contributed by atoms with Crippen molar-refractivity contribution in [3.63, 3.8) is 0 Å². The van der Waals surface area contributed by atoms with Gasteiger partial charge in [0, 0.05) is 16.8 Å². The van der Waals surface area contributed by atoms with Crippen LogP contribution in [-0.4, -0.2) is 37.8 Å². The summed E-state index contributed by atoms with van der Waals surface area (Å²) in [6.45, 7) is 1.53. The number of nitrogens with two attached hydrogens (primary N) is 1. The number of carbonyl (C=O) groups excluding carboxylic acids is 1. The molecule has 1 aliphatic heterocycles. The zero-order chi connectivity index (χ0) is 27.6. The van der Waals surface area contributed by atoms with E-state index in [0.29, 0.717) is 5.56 Å². The van der Waals surface area contributed by atoms with Crippen molar-refractivity contribution in [1.82, 2.24) is 19.7 Å². The number of benzene rings is 2. The molecule has 0 bridgehead atoms. The number of fused-ring (bicyclic) bond motifs is 2. The lowest BCUT2D eigenvalue weighted by atomic mass is 9.78. The molecule has 1 atom stereocenters. The molecule has 4 aromatic rings. The van der Waals surface area contributed by atoms with Gasteiger partial charge in [0.05, 0.1) is 16.8 Å². The minimum Gasteiger partial charge on any atom is -0.383 e. The van der Waals surface area contributed by atoms with Crippen LogP contribution in [0.5, 0.6) is 0 Å². The molecule has 1 amide bonds. The first kappa shape index (κ1) is 25.8. The number of aryl methyl sites for hydroxylation is 1. The fraction of sp³-hybridized carbons (Fsp3) is 0.250. The van der Waals surface area contributed by atoms with Crippen LogP contribution < -0.4 is 11.1 Å². The Balaban J connectivity index is 1.61. The lowest BCUT2D eigenvalue weighted by Gasteiger charge is -2.23. The number of nitrogen functional groups attached to an aromatic ring is 1. The molecule has 1 aliphatic rings. The van der Waals surface area contributed by atoms with E-state index in [4.69, 9.17) is 17.3 Å². The van der Waals surface area contributed by atoms with E-state index in [1.165, 1.54) is 43.3 Å². The van der Waals surface area contributed by atoms with Crippen molar-refractivity contribution >= 4 is 40.0 Å². The zero-order valence-electron chi connectivity index (χ0n) is 19.4. The fourth-order valence-corrected chi connectivity index (χ4v) is 4.64. The lowest BCUT2D eigenvalue weighted by Crippen LogP contribution is -2.36. The maximum atomic E-state index is 13.9. The maximum Gasteiger partial charge on any atom is 0.453 e. The third-order valence-electron chi connectivity index (χ3n) is 6.51. The number of carbonyl (C=O) groups is 1. The maximum absolute atomic E-state index is 13.9. The number of alkyl halides is 5. The highest BCUT2D eigenvalue weighted by atomic mass is 35.5. The van der Waals surface area contributed by atoms with Crippen molar-refractivity contribution in [3.8, 4) is 5.95 Å². The molecule has 0 radical (unpaired) electrons. The highest BCUT2D eigenvalue weighted by Crippen LogP contribution is 2.45. The summed E-state index contributed by atoms with van der Waals surface area (Å²) in [7, 11) is 0. The van der Waals surface area contributed by atoms with Crippen LogP contribution in [0.3, 0.4) is 0 Å². The number of rotatable bonds is 5. The Labute approximate surface area is 215 Å². The second-order valence-electron chi connectivity index (χ2n) is 8.94. The van der Waals surface area contributed by atoms with Gasteiger partial charge in [-0.2, -0.15) is 41.7 Å². The van der Waals surface area contributed by atoms with Crippen molar-refractivity contribution in [2.45, 2.75) is 37.3 Å². The first-order valence-corrected chi connectivity index (χ1v) is 11.5. The molecule has 0 fully saturated rings. The van der Waals surface area contributed by atoms with Crippen LogP contribution in [-0.2, 0) is 16.6 Å². The van der Waals surface area contributed by atoms with E-state index in [2.05, 4.69) is 20.4 Å². The molecular weight excluding hydrogens is 538 g/mol. The van der Waals surface area contributed by atoms with Crippen LogP contribution in [0.15, 0.2) is 42.5 Å². The molecule has 0 saturated carbocycles. The number of hydrogen-bond donors (Lipinski definition) is 2. The molecular formula is C24H17ClF6N6O. The second kappa shape index (κ2) is 8.58. The Bertz CT molecular complexity index is 1600. The highest BCUT2D eigenvalue weighted by Gasteiger charge is 2.56. The summed E-state index contributed by atoms with van der Waals surface area (Å²) < 4.78 is 80.4. The van der Waals surface area contributed by atoms with E-state index in [-0.39, 0.29) is 44.8 Å². The van der Waals surface area contributed by atoms with Crippen LogP contribution in [0.1, 0.15) is 30.2 Å². The Hall–Kier alpha value is -3.87. The zero-order valence-corrected chi connectivity index (χ0v) is 20.1. The van der Waals surface area contributed by atoms with Gasteiger partial charge in [-0.15, -0.1) is 0 Å². The number of nitrogens with one attached hydrogen (secondary N) is 1. The first-order valence-electron chi connectivity index (χ1n) is 11.1. The van der Waals surface area contributed by atoms with Gasteiger partial charge in [-0.1, -0.05) is 23.7 Å². The van der Waals surface area contributed by atoms with Crippen molar-refractivity contribution in [2.24, 2.45) is 0 Å². The van der Waals surface area contributed by atoms with Crippen LogP contribution >= 0.6 is 11.6 Å². The quantitative estimate of drug-likeness (QED) is 0.314. The minimum absolute atomic E-state index is 0.0204. The fourth-order valence-electron chi connectivity index (χ4n) is 4.47. The molecule has 3 heterocycles. The van der Waals surface area contributed by atoms with E-state index in [1.807, 2.05) is 0 Å². The summed E-state index contributed by atoms with van der Waals surface area (Å²) in [5.41, 5.74) is 5.49. The third-order valence-corrected chi connectivity index (χ3v) is 6.75. The molecule has 5 rings (SSSR count). The van der Waals surface area contributed by atoms with E-state index < -0.39 is 42.1 Å². The molecule has 2 aromatic carbocycles. The summed E-state index contributed by atoms with van der Waals surface area (Å²) in [4.78, 5) is 21.6. The van der Waals surface area contributed by atoms with Crippen molar-refractivity contribution in [3.05, 3.63) is 70.1 Å². The third kappa shape index (κ3) is 4.01. The first-order chi connectivity index (χ1) is 17.7. The average molecular weight is 555 g/mol. The van der Waals surface area contributed by atoms with Gasteiger partial charge in [0.25, 0.3) is 5.95 Å². The summed E-state index contributed by atoms with van der Waals surface area (Å²) in [5.74, 6) is -6.33. The monoisotopic (exact) mass is 554 g/mol. The standard InChI is InChI=1S/C24H17ClF6N6O/c1-22(11-3-2-4-13(26)9-11)17-18(32)33-21(35-19(17)34-20(22)38)37-16-6-5-12(25)10-14(16)15(36-37)7-8-23(27,28)24(29,30)31/h2-6,9-10H,7-8H2,1H3,(H3,32,33,34,35,38). The van der Waals surface area contributed by atoms with Crippen LogP contribution in [0.25, 0.3) is 16.9 Å². The van der Waals surface area contributed by atoms with Gasteiger partial charge >= 0.3 is 12.1 Å². The largest absolute Gasteiger partial charge is 0.453 e. The molecule has 198 valence electrons. The Morgan fingerprint density at radius 3 is 2.53 bits per heavy atom. The molecule has 0 spiro atoms. The van der Waals surface area contributed by atoms with Crippen molar-refractivity contribution < 1.29 is 31.1 Å². The number of nitrogens with zero attached hydrogens (tertiary/aromatic N) is 4. The summed E-state index contributed by atoms with van der Waals surface area (Å²) in [6, 6.07) is 9.72. The number of halogens is 7. The van der Waals surface area contributed by atoms with Gasteiger partial charge in [-0.05, 0) is 49.2 Å². The van der Waals surface area contributed by atoms with E-state index in [1.54, 1.807) is 6.07 Å². The average Bonchev–Trinajstić information content (AvgIpc) is 3.31. The number of aromatic nitrogens is 4. The number of hydrogen-bond acceptors (Lipinski definition) is 5. The van der Waals surface area contributed by atoms with Gasteiger partial charge in [-0.25, -0.2) is 4.39 Å². The van der Waals surface area contributed by atoms with Crippen molar-refractivity contribution in [2.75, 3.05) is 11.1 Å². The Morgan fingerprint density at radius 1 is 1.11 bits per heavy atom. The topological polar surface area (TPSA) is 98.7 Å². The van der Waals surface area contributed by atoms with E-state index in [9.17, 15) is 31.1 Å². The van der Waals surface area contributed by atoms with Crippen LogP contribution in [0, 0.1) is 5.82 Å². The highest BCUT2D eigenvalue weighted by molar-refractivity contribution is 6.31. The van der Waals surface area contributed by atoms with Gasteiger partial charge < -0.3 is 11.1 Å². The number of amides is 1. The molecule has 14 heteroatoms. The van der Waals surface area contributed by atoms with Gasteiger partial charge in [0.2, 0.25) is 5.91 Å². The Kier molecular flexibility index (Phi) is 5.82. The second-order valence-corrected chi connectivity index (χ2v) is 9.38. The van der Waals surface area contributed by atoms with Crippen molar-refractivity contribution in [1.29, 1.82) is 0 Å². The van der Waals surface area contributed by atoms with E-state index in [0.717, 1.165) is 4.68 Å². The summed E-state index contributed by atoms with van der Waals surface area (Å²) in [6.07, 6.45) is -7.98. The summed E-state index contributed by atoms with van der Waals surface area (Å²) in [5, 5.41) is 7.21. The lowest BCUT2D eigenvalue weighted by molar-refractivity contribution is -0.284. The molecule has 1 unspecified atom stereocenters. The SMILES string of the molecule is CC1(c2cccc(F)c2)C(=O)Nc2nc(-n3nc(CCC(F)(F)C(F)(F)F)c4cc(Cl)ccc43)nc(N)c21. The van der Waals surface area contributed by atoms with Gasteiger partial charge in [0.1, 0.15) is 22.9 Å². The molecule has 38 heavy (non-hydrogen) atoms. The van der Waals surface area contributed by atoms with Gasteiger partial charge in [0.15, 0.2) is 0 Å². The number of anilines is 2. The molecule has 0 aliphatic carbocycles.